The molecular formula is C23H18N2O6S. The van der Waals surface area contributed by atoms with E-state index in [4.69, 9.17) is 4.74 Å². The van der Waals surface area contributed by atoms with Crippen LogP contribution in [0.25, 0.3) is 5.76 Å². The third kappa shape index (κ3) is 3.52. The molecule has 1 atom stereocenters. The van der Waals surface area contributed by atoms with Crippen LogP contribution in [0.2, 0.25) is 0 Å². The van der Waals surface area contributed by atoms with Gasteiger partial charge in [-0.15, -0.1) is 11.3 Å². The molecule has 0 saturated carbocycles. The van der Waals surface area contributed by atoms with Crippen LogP contribution in [0.3, 0.4) is 0 Å². The Morgan fingerprint density at radius 1 is 1.16 bits per heavy atom. The summed E-state index contributed by atoms with van der Waals surface area (Å²) in [4.78, 5) is 38.7. The van der Waals surface area contributed by atoms with E-state index in [9.17, 15) is 24.8 Å². The molecule has 2 heterocycles. The number of hydrogen-bond acceptors (Lipinski definition) is 7. The van der Waals surface area contributed by atoms with Gasteiger partial charge < -0.3 is 9.84 Å². The van der Waals surface area contributed by atoms with Gasteiger partial charge in [0.25, 0.3) is 17.4 Å². The number of non-ortho nitro benzene ring substituents is 1. The predicted octanol–water partition coefficient (Wildman–Crippen LogP) is 4.60. The van der Waals surface area contributed by atoms with Gasteiger partial charge in [0, 0.05) is 34.3 Å². The molecule has 0 spiro atoms. The number of nitro benzene ring substituents is 1. The Balaban J connectivity index is 1.91. The topological polar surface area (TPSA) is 110 Å². The number of nitro groups is 1. The summed E-state index contributed by atoms with van der Waals surface area (Å²) in [6.07, 6.45) is 0. The summed E-state index contributed by atoms with van der Waals surface area (Å²) in [5, 5.41) is 23.9. The molecule has 9 heteroatoms. The number of Topliss-reactive ketones (excluding diaryl/α,β-unsaturated/α-hetero) is 1. The van der Waals surface area contributed by atoms with E-state index in [1.54, 1.807) is 24.3 Å². The smallest absolute Gasteiger partial charge is 0.300 e. The molecule has 1 aliphatic heterocycles. The third-order valence-corrected chi connectivity index (χ3v) is 6.35. The van der Waals surface area contributed by atoms with Gasteiger partial charge in [-0.3, -0.25) is 24.6 Å². The van der Waals surface area contributed by atoms with Gasteiger partial charge in [0.15, 0.2) is 0 Å². The number of aryl methyl sites for hydroxylation is 1. The van der Waals surface area contributed by atoms with Crippen molar-refractivity contribution in [3.05, 3.63) is 91.7 Å². The largest absolute Gasteiger partial charge is 0.507 e. The Kier molecular flexibility index (Phi) is 5.50. The first-order chi connectivity index (χ1) is 15.3. The summed E-state index contributed by atoms with van der Waals surface area (Å²) >= 11 is 1.37. The number of hydrogen-bond donors (Lipinski definition) is 1. The number of thiophene rings is 1. The maximum atomic E-state index is 13.1. The van der Waals surface area contributed by atoms with Gasteiger partial charge in [-0.2, -0.15) is 0 Å². The molecule has 4 rings (SSSR count). The summed E-state index contributed by atoms with van der Waals surface area (Å²) in [7, 11) is 1.50. The molecule has 162 valence electrons. The quantitative estimate of drug-likeness (QED) is 0.200. The first-order valence-corrected chi connectivity index (χ1v) is 10.4. The minimum Gasteiger partial charge on any atom is -0.507 e. The van der Waals surface area contributed by atoms with Crippen molar-refractivity contribution < 1.29 is 24.4 Å². The van der Waals surface area contributed by atoms with Gasteiger partial charge in [-0.05, 0) is 48.2 Å². The molecule has 0 radical (unpaired) electrons. The second-order valence-corrected chi connectivity index (χ2v) is 8.09. The second-order valence-electron chi connectivity index (χ2n) is 7.14. The lowest BCUT2D eigenvalue weighted by atomic mass is 9.98. The number of carbonyl (C=O) groups excluding carboxylic acids is 2. The van der Waals surface area contributed by atoms with Crippen molar-refractivity contribution >= 4 is 40.2 Å². The summed E-state index contributed by atoms with van der Waals surface area (Å²) in [5.41, 5.74) is 1.30. The fraction of sp³-hybridized carbons (Fsp3) is 0.130. The van der Waals surface area contributed by atoms with Crippen molar-refractivity contribution in [1.82, 2.24) is 0 Å². The molecule has 3 aromatic rings. The Bertz CT molecular complexity index is 1260. The standard InChI is InChI=1S/C23H18N2O6S/c1-13-10-11-32-22(13)19-18(20(26)14-6-8-15(9-7-14)25(29)30)21(27)23(28)24(19)16-4-3-5-17(12-16)31-2/h3-12,19,26H,1-2H3/b20-18-. The Morgan fingerprint density at radius 2 is 1.88 bits per heavy atom. The molecule has 1 N–H and O–H groups in total. The highest BCUT2D eigenvalue weighted by Gasteiger charge is 2.48. The lowest BCUT2D eigenvalue weighted by Gasteiger charge is -2.25. The number of ether oxygens (including phenoxy) is 1. The van der Waals surface area contributed by atoms with E-state index in [1.165, 1.54) is 47.6 Å². The molecule has 0 bridgehead atoms. The number of aliphatic hydroxyl groups is 1. The number of carbonyl (C=O) groups is 2. The van der Waals surface area contributed by atoms with E-state index in [0.29, 0.717) is 11.4 Å². The highest BCUT2D eigenvalue weighted by atomic mass is 32.1. The van der Waals surface area contributed by atoms with Crippen molar-refractivity contribution in [3.8, 4) is 5.75 Å². The summed E-state index contributed by atoms with van der Waals surface area (Å²) < 4.78 is 5.26. The van der Waals surface area contributed by atoms with Crippen LogP contribution in [0.15, 0.2) is 65.6 Å². The molecule has 1 fully saturated rings. The molecule has 8 nitrogen and oxygen atoms in total. The van der Waals surface area contributed by atoms with E-state index in [-0.39, 0.29) is 22.6 Å². The zero-order valence-corrected chi connectivity index (χ0v) is 18.0. The number of amides is 1. The fourth-order valence-corrected chi connectivity index (χ4v) is 4.69. The second kappa shape index (κ2) is 8.27. The number of rotatable bonds is 5. The Hall–Kier alpha value is -3.98. The molecule has 1 unspecified atom stereocenters. The van der Waals surface area contributed by atoms with E-state index in [2.05, 4.69) is 0 Å². The molecule has 1 amide bonds. The van der Waals surface area contributed by atoms with Crippen molar-refractivity contribution in [1.29, 1.82) is 0 Å². The lowest BCUT2D eigenvalue weighted by molar-refractivity contribution is -0.384. The number of benzene rings is 2. The lowest BCUT2D eigenvalue weighted by Crippen LogP contribution is -2.29. The Morgan fingerprint density at radius 3 is 2.47 bits per heavy atom. The zero-order chi connectivity index (χ0) is 23.0. The molecule has 0 aliphatic carbocycles. The maximum absolute atomic E-state index is 13.1. The van der Waals surface area contributed by atoms with Gasteiger partial charge in [0.1, 0.15) is 17.6 Å². The van der Waals surface area contributed by atoms with Crippen LogP contribution < -0.4 is 9.64 Å². The van der Waals surface area contributed by atoms with Crippen LogP contribution in [-0.2, 0) is 9.59 Å². The normalized spacial score (nSPS) is 17.6. The minimum atomic E-state index is -0.850. The van der Waals surface area contributed by atoms with Gasteiger partial charge in [0.05, 0.1) is 17.6 Å². The van der Waals surface area contributed by atoms with Crippen LogP contribution in [0, 0.1) is 17.0 Å². The zero-order valence-electron chi connectivity index (χ0n) is 17.1. The van der Waals surface area contributed by atoms with Gasteiger partial charge in [-0.25, -0.2) is 0 Å². The molecule has 2 aromatic carbocycles. The minimum absolute atomic E-state index is 0.0720. The van der Waals surface area contributed by atoms with Crippen LogP contribution in [0.5, 0.6) is 5.75 Å². The first-order valence-electron chi connectivity index (χ1n) is 9.57. The number of nitrogens with zero attached hydrogens (tertiary/aromatic N) is 2. The molecule has 1 aromatic heterocycles. The van der Waals surface area contributed by atoms with Crippen molar-refractivity contribution in [3.63, 3.8) is 0 Å². The predicted molar refractivity (Wildman–Crippen MR) is 120 cm³/mol. The SMILES string of the molecule is COc1cccc(N2C(=O)C(=O)/C(=C(\O)c3ccc([N+](=O)[O-])cc3)C2c2sccc2C)c1. The summed E-state index contributed by atoms with van der Waals surface area (Å²) in [5.74, 6) is -1.48. The Labute approximate surface area is 187 Å². The van der Waals surface area contributed by atoms with E-state index < -0.39 is 22.7 Å². The summed E-state index contributed by atoms with van der Waals surface area (Å²) in [6, 6.07) is 13.0. The highest BCUT2D eigenvalue weighted by molar-refractivity contribution is 7.10. The van der Waals surface area contributed by atoms with E-state index >= 15 is 0 Å². The van der Waals surface area contributed by atoms with Gasteiger partial charge >= 0.3 is 0 Å². The average molecular weight is 450 g/mol. The molecule has 1 aliphatic rings. The highest BCUT2D eigenvalue weighted by Crippen LogP contribution is 2.45. The van der Waals surface area contributed by atoms with Crippen LogP contribution in [0.4, 0.5) is 11.4 Å². The molecule has 32 heavy (non-hydrogen) atoms. The summed E-state index contributed by atoms with van der Waals surface area (Å²) in [6.45, 7) is 1.86. The van der Waals surface area contributed by atoms with Crippen molar-refractivity contribution in [2.75, 3.05) is 12.0 Å². The number of aliphatic hydroxyl groups excluding tert-OH is 1. The van der Waals surface area contributed by atoms with E-state index in [0.717, 1.165) is 10.4 Å². The first kappa shape index (κ1) is 21.3. The van der Waals surface area contributed by atoms with Crippen molar-refractivity contribution in [2.24, 2.45) is 0 Å². The van der Waals surface area contributed by atoms with Crippen LogP contribution >= 0.6 is 11.3 Å². The van der Waals surface area contributed by atoms with Crippen LogP contribution in [-0.4, -0.2) is 28.8 Å². The van der Waals surface area contributed by atoms with Gasteiger partial charge in [-0.1, -0.05) is 6.07 Å². The maximum Gasteiger partial charge on any atom is 0.300 e. The number of ketones is 1. The molecular weight excluding hydrogens is 432 g/mol. The fourth-order valence-electron chi connectivity index (χ4n) is 3.67. The van der Waals surface area contributed by atoms with Gasteiger partial charge in [0.2, 0.25) is 0 Å². The number of anilines is 1. The van der Waals surface area contributed by atoms with Crippen molar-refractivity contribution in [2.45, 2.75) is 13.0 Å². The molecule has 1 saturated heterocycles. The third-order valence-electron chi connectivity index (χ3n) is 5.28. The average Bonchev–Trinajstić information content (AvgIpc) is 3.33. The number of methoxy groups -OCH3 is 1. The van der Waals surface area contributed by atoms with E-state index in [1.807, 2.05) is 18.4 Å². The van der Waals surface area contributed by atoms with Crippen LogP contribution in [0.1, 0.15) is 22.0 Å². The monoisotopic (exact) mass is 450 g/mol.